The van der Waals surface area contributed by atoms with E-state index in [9.17, 15) is 19.8 Å². The van der Waals surface area contributed by atoms with Crippen molar-refractivity contribution >= 4 is 16.8 Å². The fraction of sp³-hybridized carbons (Fsp3) is 0.543. The topological polar surface area (TPSA) is 118 Å². The van der Waals surface area contributed by atoms with Crippen LogP contribution >= 0.6 is 0 Å². The lowest BCUT2D eigenvalue weighted by Crippen LogP contribution is -2.42. The molecule has 2 aromatic carbocycles. The fourth-order valence-corrected chi connectivity index (χ4v) is 6.97. The number of hydrogen-bond donors (Lipinski definition) is 4. The summed E-state index contributed by atoms with van der Waals surface area (Å²) in [5.41, 5.74) is 3.25. The van der Waals surface area contributed by atoms with Crippen LogP contribution in [-0.4, -0.2) is 82.9 Å². The van der Waals surface area contributed by atoms with E-state index in [0.29, 0.717) is 49.2 Å². The highest BCUT2D eigenvalue weighted by molar-refractivity contribution is 5.87. The lowest BCUT2D eigenvalue weighted by Gasteiger charge is -2.27. The molecule has 3 aromatic rings. The number of aromatic amines is 1. The van der Waals surface area contributed by atoms with Gasteiger partial charge in [0.05, 0.1) is 31.3 Å². The molecule has 1 aromatic heterocycles. The maximum absolute atomic E-state index is 13.0. The molecule has 0 bridgehead atoms. The molecule has 2 fully saturated rings. The van der Waals surface area contributed by atoms with E-state index in [-0.39, 0.29) is 29.8 Å². The summed E-state index contributed by atoms with van der Waals surface area (Å²) < 4.78 is 5.87. The number of aliphatic hydroxyl groups excluding tert-OH is 1. The Morgan fingerprint density at radius 2 is 1.86 bits per heavy atom. The first-order valence-corrected chi connectivity index (χ1v) is 16.2. The number of fused-ring (bicyclic) bond motifs is 2. The molecular formula is C35H48N4O5. The number of phenols is 1. The molecule has 238 valence electrons. The Morgan fingerprint density at radius 3 is 2.64 bits per heavy atom. The number of aliphatic hydroxyl groups is 1. The Bertz CT molecular complexity index is 1440. The summed E-state index contributed by atoms with van der Waals surface area (Å²) in [5.74, 6) is 1.84. The molecule has 1 saturated carbocycles. The van der Waals surface area contributed by atoms with Gasteiger partial charge in [0.25, 0.3) is 0 Å². The van der Waals surface area contributed by atoms with Crippen molar-refractivity contribution in [2.24, 2.45) is 11.8 Å². The van der Waals surface area contributed by atoms with Crippen LogP contribution in [0.1, 0.15) is 62.3 Å². The molecule has 44 heavy (non-hydrogen) atoms. The van der Waals surface area contributed by atoms with Crippen molar-refractivity contribution in [2.45, 2.75) is 64.6 Å². The zero-order chi connectivity index (χ0) is 31.1. The number of aromatic nitrogens is 1. The van der Waals surface area contributed by atoms with Crippen LogP contribution in [0.4, 0.5) is 0 Å². The second-order valence-corrected chi connectivity index (χ2v) is 12.8. The molecule has 2 heterocycles. The molecule has 9 heteroatoms. The Balaban J connectivity index is 0.999. The zero-order valence-electron chi connectivity index (χ0n) is 26.1. The van der Waals surface area contributed by atoms with Crippen molar-refractivity contribution in [1.82, 2.24) is 20.1 Å². The van der Waals surface area contributed by atoms with Gasteiger partial charge in [-0.25, -0.2) is 0 Å². The Labute approximate surface area is 260 Å². The average molecular weight is 605 g/mol. The summed E-state index contributed by atoms with van der Waals surface area (Å²) in [7, 11) is 0. The van der Waals surface area contributed by atoms with E-state index in [0.717, 1.165) is 24.8 Å². The fourth-order valence-electron chi connectivity index (χ4n) is 6.97. The van der Waals surface area contributed by atoms with E-state index in [4.69, 9.17) is 4.74 Å². The van der Waals surface area contributed by atoms with E-state index < -0.39 is 6.10 Å². The Hall–Kier alpha value is -3.24. The van der Waals surface area contributed by atoms with Gasteiger partial charge in [0.1, 0.15) is 5.75 Å². The number of nitrogens with one attached hydrogen (secondary N) is 2. The van der Waals surface area contributed by atoms with Gasteiger partial charge in [-0.2, -0.15) is 0 Å². The normalized spacial score (nSPS) is 19.1. The average Bonchev–Trinajstić information content (AvgIpc) is 3.59. The van der Waals surface area contributed by atoms with Crippen LogP contribution in [0, 0.1) is 11.8 Å². The summed E-state index contributed by atoms with van der Waals surface area (Å²) in [6.07, 6.45) is 4.54. The molecule has 3 unspecified atom stereocenters. The molecule has 3 atom stereocenters. The molecule has 0 radical (unpaired) electrons. The number of benzene rings is 2. The number of nitrogens with zero attached hydrogens (tertiary/aromatic N) is 2. The predicted molar refractivity (Wildman–Crippen MR) is 173 cm³/mol. The van der Waals surface area contributed by atoms with E-state index in [1.54, 1.807) is 12.1 Å². The van der Waals surface area contributed by atoms with Crippen LogP contribution in [-0.2, 0) is 22.5 Å². The van der Waals surface area contributed by atoms with Crippen molar-refractivity contribution in [3.8, 4) is 5.75 Å². The minimum Gasteiger partial charge on any atom is -0.506 e. The number of carbonyl (C=O) groups is 1. The summed E-state index contributed by atoms with van der Waals surface area (Å²) >= 11 is 0. The van der Waals surface area contributed by atoms with Gasteiger partial charge in [-0.3, -0.25) is 14.5 Å². The van der Waals surface area contributed by atoms with Crippen molar-refractivity contribution < 1.29 is 19.7 Å². The quantitative estimate of drug-likeness (QED) is 0.194. The number of rotatable bonds is 15. The van der Waals surface area contributed by atoms with E-state index in [2.05, 4.69) is 39.5 Å². The maximum atomic E-state index is 13.0. The van der Waals surface area contributed by atoms with Gasteiger partial charge in [0.15, 0.2) is 0 Å². The number of pyridine rings is 1. The van der Waals surface area contributed by atoms with Crippen LogP contribution < -0.4 is 10.9 Å². The highest BCUT2D eigenvalue weighted by atomic mass is 16.5. The van der Waals surface area contributed by atoms with Gasteiger partial charge in [0, 0.05) is 56.8 Å². The second kappa shape index (κ2) is 15.2. The van der Waals surface area contributed by atoms with E-state index >= 15 is 0 Å². The van der Waals surface area contributed by atoms with Crippen LogP contribution in [0.2, 0.25) is 0 Å². The number of phenolic OH excluding ortho intramolecular Hbond substituents is 1. The highest BCUT2D eigenvalue weighted by Crippen LogP contribution is 2.38. The van der Waals surface area contributed by atoms with Crippen molar-refractivity contribution in [3.05, 3.63) is 75.6 Å². The third-order valence-corrected chi connectivity index (χ3v) is 9.27. The molecule has 5 rings (SSSR count). The first kappa shape index (κ1) is 32.2. The van der Waals surface area contributed by atoms with Crippen LogP contribution in [0.3, 0.4) is 0 Å². The van der Waals surface area contributed by atoms with Gasteiger partial charge < -0.3 is 30.2 Å². The van der Waals surface area contributed by atoms with Gasteiger partial charge in [-0.1, -0.05) is 36.8 Å². The maximum Gasteiger partial charge on any atom is 0.248 e. The Kier molecular flexibility index (Phi) is 11.1. The van der Waals surface area contributed by atoms with E-state index in [1.165, 1.54) is 55.6 Å². The Morgan fingerprint density at radius 1 is 1.09 bits per heavy atom. The highest BCUT2D eigenvalue weighted by Gasteiger charge is 2.35. The second-order valence-electron chi connectivity index (χ2n) is 12.8. The standard InChI is InChI=1S/C35H48N4O5/c1-24(2)39(16-15-36-20-32(41)29-9-11-31(40)35-30(29)10-12-33(42)37-35)34(43)14-18-44-17-13-25-5-3-6-26(19-25)21-38-22-27-7-4-8-28(27)23-38/h3,5-6,9-12,19,24,27-28,32,36,40-41H,4,7-8,13-18,20-23H2,1-2H3,(H,37,42). The molecule has 1 saturated heterocycles. The van der Waals surface area contributed by atoms with Gasteiger partial charge >= 0.3 is 0 Å². The molecule has 0 spiro atoms. The summed E-state index contributed by atoms with van der Waals surface area (Å²) in [5, 5.41) is 24.7. The molecule has 2 aliphatic rings. The van der Waals surface area contributed by atoms with Gasteiger partial charge in [-0.05, 0) is 73.8 Å². The first-order valence-electron chi connectivity index (χ1n) is 16.2. The molecule has 9 nitrogen and oxygen atoms in total. The number of ether oxygens (including phenoxy) is 1. The van der Waals surface area contributed by atoms with Crippen LogP contribution in [0.5, 0.6) is 5.75 Å². The van der Waals surface area contributed by atoms with Crippen LogP contribution in [0.15, 0.2) is 53.3 Å². The molecule has 1 amide bonds. The number of hydrogen-bond acceptors (Lipinski definition) is 7. The van der Waals surface area contributed by atoms with Gasteiger partial charge in [-0.15, -0.1) is 0 Å². The molecule has 1 aliphatic carbocycles. The number of likely N-dealkylation sites (tertiary alicyclic amines) is 1. The SMILES string of the molecule is CC(C)N(CCNCC(O)c1ccc(O)c2[nH]c(=O)ccc12)C(=O)CCOCCc1cccc(CN2CC3CCCC3C2)c1. The minimum atomic E-state index is -0.846. The number of amides is 1. The monoisotopic (exact) mass is 604 g/mol. The van der Waals surface area contributed by atoms with Gasteiger partial charge in [0.2, 0.25) is 11.5 Å². The van der Waals surface area contributed by atoms with Crippen molar-refractivity contribution in [3.63, 3.8) is 0 Å². The predicted octanol–water partition coefficient (Wildman–Crippen LogP) is 3.98. The number of carbonyl (C=O) groups excluding carboxylic acids is 1. The first-order chi connectivity index (χ1) is 21.3. The summed E-state index contributed by atoms with van der Waals surface area (Å²) in [6, 6.07) is 15.0. The number of aromatic hydroxyl groups is 1. The zero-order valence-corrected chi connectivity index (χ0v) is 26.1. The molecule has 4 N–H and O–H groups in total. The number of H-pyrrole nitrogens is 1. The smallest absolute Gasteiger partial charge is 0.248 e. The minimum absolute atomic E-state index is 0.0413. The summed E-state index contributed by atoms with van der Waals surface area (Å²) in [6.45, 7) is 9.80. The third kappa shape index (κ3) is 8.27. The summed E-state index contributed by atoms with van der Waals surface area (Å²) in [4.78, 5) is 31.7. The van der Waals surface area contributed by atoms with Crippen molar-refractivity contribution in [2.75, 3.05) is 45.9 Å². The largest absolute Gasteiger partial charge is 0.506 e. The van der Waals surface area contributed by atoms with E-state index in [1.807, 2.05) is 18.7 Å². The third-order valence-electron chi connectivity index (χ3n) is 9.27. The lowest BCUT2D eigenvalue weighted by molar-refractivity contribution is -0.134. The molecule has 1 aliphatic heterocycles. The lowest BCUT2D eigenvalue weighted by atomic mass is 10.0. The van der Waals surface area contributed by atoms with Crippen LogP contribution in [0.25, 0.3) is 10.9 Å². The van der Waals surface area contributed by atoms with Crippen molar-refractivity contribution in [1.29, 1.82) is 0 Å². The molecular weight excluding hydrogens is 556 g/mol.